The molecule has 2 saturated carbocycles. The summed E-state index contributed by atoms with van der Waals surface area (Å²) in [5.74, 6) is 1.29. The van der Waals surface area contributed by atoms with E-state index in [-0.39, 0.29) is 6.03 Å². The molecule has 0 heterocycles. The van der Waals surface area contributed by atoms with E-state index < -0.39 is 12.0 Å². The molecule has 0 aromatic carbocycles. The standard InChI is InChI=1S/C15H26N2O3/c1-2-3-4-13(14(18)19)17-15(20)16-9-12-8-10-5-6-11(12)7-10/h10-13H,2-9H2,1H3,(H,18,19)(H2,16,17,20). The fraction of sp³-hybridized carbons (Fsp3) is 0.867. The van der Waals surface area contributed by atoms with Crippen molar-refractivity contribution in [1.82, 2.24) is 10.6 Å². The van der Waals surface area contributed by atoms with Gasteiger partial charge in [0.05, 0.1) is 0 Å². The van der Waals surface area contributed by atoms with E-state index >= 15 is 0 Å². The van der Waals surface area contributed by atoms with Crippen LogP contribution in [0.1, 0.15) is 51.9 Å². The summed E-state index contributed by atoms with van der Waals surface area (Å²) >= 11 is 0. The molecule has 4 unspecified atom stereocenters. The number of nitrogens with one attached hydrogen (secondary N) is 2. The van der Waals surface area contributed by atoms with Crippen molar-refractivity contribution < 1.29 is 14.7 Å². The summed E-state index contributed by atoms with van der Waals surface area (Å²) in [5.41, 5.74) is 0. The predicted molar refractivity (Wildman–Crippen MR) is 76.4 cm³/mol. The molecular formula is C15H26N2O3. The van der Waals surface area contributed by atoms with Gasteiger partial charge in [0.15, 0.2) is 0 Å². The van der Waals surface area contributed by atoms with Gasteiger partial charge in [0, 0.05) is 6.54 Å². The highest BCUT2D eigenvalue weighted by atomic mass is 16.4. The van der Waals surface area contributed by atoms with Crippen LogP contribution in [0.2, 0.25) is 0 Å². The second-order valence-electron chi connectivity index (χ2n) is 6.32. The maximum atomic E-state index is 11.8. The van der Waals surface area contributed by atoms with E-state index in [1.165, 1.54) is 25.7 Å². The van der Waals surface area contributed by atoms with Crippen molar-refractivity contribution in [2.75, 3.05) is 6.54 Å². The van der Waals surface area contributed by atoms with Crippen LogP contribution in [0, 0.1) is 17.8 Å². The molecule has 2 bridgehead atoms. The monoisotopic (exact) mass is 282 g/mol. The third-order valence-corrected chi connectivity index (χ3v) is 4.86. The van der Waals surface area contributed by atoms with Crippen LogP contribution in [0.15, 0.2) is 0 Å². The number of urea groups is 1. The molecule has 5 heteroatoms. The van der Waals surface area contributed by atoms with E-state index in [1.54, 1.807) is 0 Å². The molecule has 4 atom stereocenters. The minimum Gasteiger partial charge on any atom is -0.480 e. The summed E-state index contributed by atoms with van der Waals surface area (Å²) in [5, 5.41) is 14.5. The van der Waals surface area contributed by atoms with Crippen molar-refractivity contribution in [2.24, 2.45) is 17.8 Å². The minimum atomic E-state index is -0.950. The highest BCUT2D eigenvalue weighted by molar-refractivity contribution is 5.82. The van der Waals surface area contributed by atoms with Gasteiger partial charge in [0.1, 0.15) is 6.04 Å². The van der Waals surface area contributed by atoms with Gasteiger partial charge in [-0.3, -0.25) is 0 Å². The summed E-state index contributed by atoms with van der Waals surface area (Å²) in [6, 6.07) is -1.11. The average molecular weight is 282 g/mol. The van der Waals surface area contributed by atoms with E-state index in [9.17, 15) is 9.59 Å². The molecule has 2 aliphatic carbocycles. The van der Waals surface area contributed by atoms with Crippen molar-refractivity contribution >= 4 is 12.0 Å². The number of carboxylic acids is 1. The average Bonchev–Trinajstić information content (AvgIpc) is 3.03. The summed E-state index contributed by atoms with van der Waals surface area (Å²) < 4.78 is 0. The lowest BCUT2D eigenvalue weighted by Crippen LogP contribution is -2.47. The number of hydrogen-bond donors (Lipinski definition) is 3. The maximum absolute atomic E-state index is 11.8. The third kappa shape index (κ3) is 3.87. The third-order valence-electron chi connectivity index (χ3n) is 4.86. The molecule has 0 aliphatic heterocycles. The first-order valence-corrected chi connectivity index (χ1v) is 7.87. The van der Waals surface area contributed by atoms with Crippen LogP contribution in [-0.4, -0.2) is 29.7 Å². The van der Waals surface area contributed by atoms with Gasteiger partial charge in [-0.25, -0.2) is 9.59 Å². The highest BCUT2D eigenvalue weighted by Crippen LogP contribution is 2.47. The Morgan fingerprint density at radius 3 is 2.65 bits per heavy atom. The molecule has 2 amide bonds. The van der Waals surface area contributed by atoms with E-state index in [4.69, 9.17) is 5.11 Å². The van der Waals surface area contributed by atoms with Gasteiger partial charge in [0.25, 0.3) is 0 Å². The smallest absolute Gasteiger partial charge is 0.326 e. The zero-order valence-corrected chi connectivity index (χ0v) is 12.2. The fourth-order valence-electron chi connectivity index (χ4n) is 3.73. The fourth-order valence-corrected chi connectivity index (χ4v) is 3.73. The minimum absolute atomic E-state index is 0.337. The van der Waals surface area contributed by atoms with Gasteiger partial charge >= 0.3 is 12.0 Å². The van der Waals surface area contributed by atoms with Crippen LogP contribution < -0.4 is 10.6 Å². The highest BCUT2D eigenvalue weighted by Gasteiger charge is 2.39. The molecule has 0 spiro atoms. The number of amides is 2. The normalized spacial score (nSPS) is 29.1. The van der Waals surface area contributed by atoms with Crippen LogP contribution >= 0.6 is 0 Å². The van der Waals surface area contributed by atoms with Gasteiger partial charge < -0.3 is 15.7 Å². The molecule has 2 fully saturated rings. The van der Waals surface area contributed by atoms with Crippen molar-refractivity contribution in [3.05, 3.63) is 0 Å². The zero-order valence-electron chi connectivity index (χ0n) is 12.2. The number of hydrogen-bond acceptors (Lipinski definition) is 2. The van der Waals surface area contributed by atoms with Crippen molar-refractivity contribution in [3.63, 3.8) is 0 Å². The number of fused-ring (bicyclic) bond motifs is 2. The molecule has 0 aromatic rings. The Bertz CT molecular complexity index is 359. The Morgan fingerprint density at radius 1 is 1.30 bits per heavy atom. The van der Waals surface area contributed by atoms with Gasteiger partial charge in [0.2, 0.25) is 0 Å². The van der Waals surface area contributed by atoms with Crippen molar-refractivity contribution in [3.8, 4) is 0 Å². The quantitative estimate of drug-likeness (QED) is 0.670. The second kappa shape index (κ2) is 6.95. The molecule has 2 rings (SSSR count). The maximum Gasteiger partial charge on any atom is 0.326 e. The lowest BCUT2D eigenvalue weighted by atomic mass is 9.89. The summed E-state index contributed by atoms with van der Waals surface area (Å²) in [6.07, 6.45) is 7.43. The molecule has 3 N–H and O–H groups in total. The lowest BCUT2D eigenvalue weighted by molar-refractivity contribution is -0.139. The lowest BCUT2D eigenvalue weighted by Gasteiger charge is -2.22. The molecule has 2 aliphatic rings. The van der Waals surface area contributed by atoms with E-state index in [1.807, 2.05) is 6.92 Å². The molecule has 0 saturated heterocycles. The Kier molecular flexibility index (Phi) is 5.26. The molecule has 0 aromatic heterocycles. The largest absolute Gasteiger partial charge is 0.480 e. The summed E-state index contributed by atoms with van der Waals surface area (Å²) in [4.78, 5) is 22.9. The Balaban J connectivity index is 1.69. The van der Waals surface area contributed by atoms with E-state index in [0.717, 1.165) is 24.7 Å². The number of carbonyl (C=O) groups excluding carboxylic acids is 1. The Hall–Kier alpha value is -1.26. The SMILES string of the molecule is CCCCC(NC(=O)NCC1CC2CCC1C2)C(=O)O. The molecular weight excluding hydrogens is 256 g/mol. The van der Waals surface area contributed by atoms with Crippen LogP contribution in [0.5, 0.6) is 0 Å². The van der Waals surface area contributed by atoms with Gasteiger partial charge in [-0.1, -0.05) is 26.2 Å². The first-order chi connectivity index (χ1) is 9.60. The summed E-state index contributed by atoms with van der Waals surface area (Å²) in [7, 11) is 0. The van der Waals surface area contributed by atoms with Crippen LogP contribution in [0.4, 0.5) is 4.79 Å². The van der Waals surface area contributed by atoms with Gasteiger partial charge in [-0.15, -0.1) is 0 Å². The number of carbonyl (C=O) groups is 2. The molecule has 20 heavy (non-hydrogen) atoms. The number of rotatable bonds is 7. The molecule has 5 nitrogen and oxygen atoms in total. The van der Waals surface area contributed by atoms with E-state index in [2.05, 4.69) is 10.6 Å². The first kappa shape index (κ1) is 15.1. The number of aliphatic carboxylic acids is 1. The van der Waals surface area contributed by atoms with Gasteiger partial charge in [-0.05, 0) is 43.4 Å². The van der Waals surface area contributed by atoms with Gasteiger partial charge in [-0.2, -0.15) is 0 Å². The summed E-state index contributed by atoms with van der Waals surface area (Å²) in [6.45, 7) is 2.70. The Labute approximate surface area is 120 Å². The second-order valence-corrected chi connectivity index (χ2v) is 6.32. The number of unbranched alkanes of at least 4 members (excludes halogenated alkanes) is 1. The first-order valence-electron chi connectivity index (χ1n) is 7.87. The van der Waals surface area contributed by atoms with Crippen LogP contribution in [0.3, 0.4) is 0 Å². The molecule has 0 radical (unpaired) electrons. The topological polar surface area (TPSA) is 78.4 Å². The zero-order chi connectivity index (χ0) is 14.5. The number of carboxylic acid groups (broad SMARTS) is 1. The predicted octanol–water partition coefficient (Wildman–Crippen LogP) is 2.37. The van der Waals surface area contributed by atoms with Crippen LogP contribution in [-0.2, 0) is 4.79 Å². The molecule has 114 valence electrons. The van der Waals surface area contributed by atoms with Crippen molar-refractivity contribution in [1.29, 1.82) is 0 Å². The van der Waals surface area contributed by atoms with E-state index in [0.29, 0.717) is 18.9 Å². The van der Waals surface area contributed by atoms with Crippen molar-refractivity contribution in [2.45, 2.75) is 57.9 Å². The van der Waals surface area contributed by atoms with Crippen LogP contribution in [0.25, 0.3) is 0 Å². The Morgan fingerprint density at radius 2 is 2.10 bits per heavy atom.